The lowest BCUT2D eigenvalue weighted by atomic mass is 10.2. The molecule has 1 aliphatic rings. The molecular formula is C11H12F3N3O. The molecule has 1 aliphatic heterocycles. The molecule has 1 fully saturated rings. The van der Waals surface area contributed by atoms with E-state index < -0.39 is 11.7 Å². The monoisotopic (exact) mass is 259 g/mol. The second kappa shape index (κ2) is 4.93. The zero-order valence-corrected chi connectivity index (χ0v) is 9.42. The van der Waals surface area contributed by atoms with Gasteiger partial charge in [-0.25, -0.2) is 4.98 Å². The van der Waals surface area contributed by atoms with Crippen molar-refractivity contribution in [2.24, 2.45) is 0 Å². The van der Waals surface area contributed by atoms with Gasteiger partial charge >= 0.3 is 6.18 Å². The first kappa shape index (κ1) is 12.8. The van der Waals surface area contributed by atoms with E-state index in [0.29, 0.717) is 6.42 Å². The fourth-order valence-electron chi connectivity index (χ4n) is 1.80. The lowest BCUT2D eigenvalue weighted by molar-refractivity contribution is -0.137. The van der Waals surface area contributed by atoms with Crippen LogP contribution < -0.4 is 10.6 Å². The molecule has 7 heteroatoms. The van der Waals surface area contributed by atoms with E-state index in [1.807, 2.05) is 0 Å². The van der Waals surface area contributed by atoms with Crippen LogP contribution in [0.5, 0.6) is 0 Å². The Morgan fingerprint density at radius 2 is 2.28 bits per heavy atom. The van der Waals surface area contributed by atoms with E-state index in [0.717, 1.165) is 31.3 Å². The Bertz CT molecular complexity index is 441. The summed E-state index contributed by atoms with van der Waals surface area (Å²) in [6.45, 7) is 0.744. The molecule has 2 rings (SSSR count). The van der Waals surface area contributed by atoms with E-state index in [9.17, 15) is 18.0 Å². The van der Waals surface area contributed by atoms with Gasteiger partial charge in [0.2, 0.25) is 5.91 Å². The van der Waals surface area contributed by atoms with Gasteiger partial charge in [0.25, 0.3) is 0 Å². The summed E-state index contributed by atoms with van der Waals surface area (Å²) in [5.74, 6) is -0.428. The number of halogens is 3. The lowest BCUT2D eigenvalue weighted by Crippen LogP contribution is -2.35. The van der Waals surface area contributed by atoms with Gasteiger partial charge in [-0.05, 0) is 31.5 Å². The Kier molecular flexibility index (Phi) is 3.51. The third-order valence-corrected chi connectivity index (χ3v) is 2.72. The third-order valence-electron chi connectivity index (χ3n) is 2.72. The van der Waals surface area contributed by atoms with Crippen LogP contribution in [0.1, 0.15) is 18.4 Å². The molecule has 1 atom stereocenters. The van der Waals surface area contributed by atoms with E-state index in [-0.39, 0.29) is 17.8 Å². The Morgan fingerprint density at radius 3 is 2.89 bits per heavy atom. The van der Waals surface area contributed by atoms with Gasteiger partial charge in [-0.1, -0.05) is 0 Å². The number of alkyl halides is 3. The maximum Gasteiger partial charge on any atom is 0.416 e. The standard InChI is InChI=1S/C11H12F3N3O/c12-11(13,14)7-3-5-16-9(6-7)17-10(18)8-2-1-4-15-8/h3,5-6,8,15H,1-2,4H2,(H,16,17,18)/t8-/m0/s1. The van der Waals surface area contributed by atoms with Gasteiger partial charge < -0.3 is 10.6 Å². The Hall–Kier alpha value is -1.63. The molecule has 0 radical (unpaired) electrons. The van der Waals surface area contributed by atoms with Crippen molar-refractivity contribution >= 4 is 11.7 Å². The minimum atomic E-state index is -4.44. The number of aromatic nitrogens is 1. The summed E-state index contributed by atoms with van der Waals surface area (Å²) in [4.78, 5) is 15.4. The van der Waals surface area contributed by atoms with Crippen LogP contribution >= 0.6 is 0 Å². The first-order valence-corrected chi connectivity index (χ1v) is 5.54. The summed E-state index contributed by atoms with van der Waals surface area (Å²) in [5.41, 5.74) is -0.827. The van der Waals surface area contributed by atoms with Gasteiger partial charge in [0.15, 0.2) is 0 Å². The van der Waals surface area contributed by atoms with Crippen LogP contribution in [-0.2, 0) is 11.0 Å². The average Bonchev–Trinajstić information content (AvgIpc) is 2.81. The molecule has 0 bridgehead atoms. The molecule has 1 amide bonds. The van der Waals surface area contributed by atoms with Crippen LogP contribution in [0.4, 0.5) is 19.0 Å². The van der Waals surface area contributed by atoms with E-state index >= 15 is 0 Å². The van der Waals surface area contributed by atoms with Crippen molar-refractivity contribution in [2.75, 3.05) is 11.9 Å². The van der Waals surface area contributed by atoms with Crippen molar-refractivity contribution in [3.8, 4) is 0 Å². The molecule has 0 saturated carbocycles. The predicted molar refractivity (Wildman–Crippen MR) is 58.9 cm³/mol. The van der Waals surface area contributed by atoms with Crippen molar-refractivity contribution in [1.29, 1.82) is 0 Å². The topological polar surface area (TPSA) is 54.0 Å². The fraction of sp³-hybridized carbons (Fsp3) is 0.455. The van der Waals surface area contributed by atoms with Crippen LogP contribution in [0.15, 0.2) is 18.3 Å². The van der Waals surface area contributed by atoms with Crippen molar-refractivity contribution in [1.82, 2.24) is 10.3 Å². The highest BCUT2D eigenvalue weighted by molar-refractivity contribution is 5.94. The maximum atomic E-state index is 12.5. The second-order valence-electron chi connectivity index (χ2n) is 4.07. The van der Waals surface area contributed by atoms with Gasteiger partial charge in [-0.15, -0.1) is 0 Å². The molecule has 98 valence electrons. The molecule has 2 heterocycles. The summed E-state index contributed by atoms with van der Waals surface area (Å²) in [6.07, 6.45) is -1.84. The first-order chi connectivity index (χ1) is 8.47. The molecule has 1 aromatic heterocycles. The summed E-state index contributed by atoms with van der Waals surface area (Å²) < 4.78 is 37.4. The number of pyridine rings is 1. The highest BCUT2D eigenvalue weighted by Crippen LogP contribution is 2.29. The second-order valence-corrected chi connectivity index (χ2v) is 4.07. The molecule has 4 nitrogen and oxygen atoms in total. The first-order valence-electron chi connectivity index (χ1n) is 5.54. The molecule has 1 saturated heterocycles. The Balaban J connectivity index is 2.07. The van der Waals surface area contributed by atoms with Gasteiger partial charge in [0.1, 0.15) is 5.82 Å². The molecule has 1 aromatic rings. The summed E-state index contributed by atoms with van der Waals surface area (Å²) in [7, 11) is 0. The molecular weight excluding hydrogens is 247 g/mol. The van der Waals surface area contributed by atoms with Gasteiger partial charge in [0.05, 0.1) is 11.6 Å². The number of hydrogen-bond acceptors (Lipinski definition) is 3. The van der Waals surface area contributed by atoms with Crippen molar-refractivity contribution in [3.05, 3.63) is 23.9 Å². The Labute approximate surface area is 102 Å². The van der Waals surface area contributed by atoms with E-state index in [1.165, 1.54) is 0 Å². The highest BCUT2D eigenvalue weighted by atomic mass is 19.4. The molecule has 0 aliphatic carbocycles. The highest BCUT2D eigenvalue weighted by Gasteiger charge is 2.31. The summed E-state index contributed by atoms with van der Waals surface area (Å²) >= 11 is 0. The number of amides is 1. The zero-order chi connectivity index (χ0) is 13.2. The average molecular weight is 259 g/mol. The van der Waals surface area contributed by atoms with E-state index in [4.69, 9.17) is 0 Å². The number of anilines is 1. The molecule has 2 N–H and O–H groups in total. The largest absolute Gasteiger partial charge is 0.416 e. The number of nitrogens with zero attached hydrogens (tertiary/aromatic N) is 1. The molecule has 0 unspecified atom stereocenters. The van der Waals surface area contributed by atoms with Crippen molar-refractivity contribution < 1.29 is 18.0 Å². The van der Waals surface area contributed by atoms with Crippen molar-refractivity contribution in [3.63, 3.8) is 0 Å². The lowest BCUT2D eigenvalue weighted by Gasteiger charge is -2.12. The van der Waals surface area contributed by atoms with Crippen LogP contribution in [0.2, 0.25) is 0 Å². The SMILES string of the molecule is O=C(Nc1cc(C(F)(F)F)ccn1)[C@@H]1CCCN1. The third kappa shape index (κ3) is 2.98. The fourth-order valence-corrected chi connectivity index (χ4v) is 1.80. The predicted octanol–water partition coefficient (Wildman–Crippen LogP) is 1.79. The zero-order valence-electron chi connectivity index (χ0n) is 9.42. The van der Waals surface area contributed by atoms with Crippen LogP contribution in [0, 0.1) is 0 Å². The van der Waals surface area contributed by atoms with E-state index in [2.05, 4.69) is 15.6 Å². The number of rotatable bonds is 2. The van der Waals surface area contributed by atoms with Gasteiger partial charge in [-0.2, -0.15) is 13.2 Å². The normalized spacial score (nSPS) is 19.8. The smallest absolute Gasteiger partial charge is 0.309 e. The van der Waals surface area contributed by atoms with Crippen molar-refractivity contribution in [2.45, 2.75) is 25.1 Å². The Morgan fingerprint density at radius 1 is 1.50 bits per heavy atom. The number of hydrogen-bond donors (Lipinski definition) is 2. The maximum absolute atomic E-state index is 12.5. The van der Waals surface area contributed by atoms with Crippen LogP contribution in [0.25, 0.3) is 0 Å². The molecule has 0 spiro atoms. The summed E-state index contributed by atoms with van der Waals surface area (Å²) in [5, 5.41) is 5.34. The number of nitrogens with one attached hydrogen (secondary N) is 2. The van der Waals surface area contributed by atoms with Gasteiger partial charge in [0, 0.05) is 6.20 Å². The van der Waals surface area contributed by atoms with Crippen LogP contribution in [-0.4, -0.2) is 23.5 Å². The summed E-state index contributed by atoms with van der Waals surface area (Å²) in [6, 6.07) is 1.34. The minimum absolute atomic E-state index is 0.0801. The van der Waals surface area contributed by atoms with Gasteiger partial charge in [-0.3, -0.25) is 4.79 Å². The molecule has 0 aromatic carbocycles. The quantitative estimate of drug-likeness (QED) is 0.851. The minimum Gasteiger partial charge on any atom is -0.309 e. The van der Waals surface area contributed by atoms with Crippen LogP contribution in [0.3, 0.4) is 0 Å². The number of carbonyl (C=O) groups excluding carboxylic acids is 1. The van der Waals surface area contributed by atoms with E-state index in [1.54, 1.807) is 0 Å². The molecule has 18 heavy (non-hydrogen) atoms. The number of carbonyl (C=O) groups is 1.